The number of nitrogens with one attached hydrogen (secondary N) is 2. The number of aromatic nitrogens is 2. The van der Waals surface area contributed by atoms with Crippen molar-refractivity contribution in [2.24, 2.45) is 0 Å². The molecule has 0 saturated carbocycles. The van der Waals surface area contributed by atoms with Gasteiger partial charge in [0.05, 0.1) is 21.5 Å². The van der Waals surface area contributed by atoms with E-state index in [9.17, 15) is 0 Å². The Labute approximate surface area is 338 Å². The molecule has 8 nitrogen and oxygen atoms in total. The van der Waals surface area contributed by atoms with Crippen molar-refractivity contribution >= 4 is 66.1 Å². The molecule has 0 fully saturated rings. The predicted molar refractivity (Wildman–Crippen MR) is 208 cm³/mol. The van der Waals surface area contributed by atoms with Crippen LogP contribution < -0.4 is 92.3 Å². The Morgan fingerprint density at radius 1 is 0.472 bits per heavy atom. The van der Waals surface area contributed by atoms with Gasteiger partial charge in [0, 0.05) is 97.2 Å². The molecule has 2 aromatic heterocycles. The zero-order valence-electron chi connectivity index (χ0n) is 31.7. The molecule has 0 aliphatic carbocycles. The molecule has 0 unspecified atom stereocenters. The number of pyridine rings is 2. The molecular weight excluding hydrogens is 746 g/mol. The summed E-state index contributed by atoms with van der Waals surface area (Å²) in [7, 11) is 0. The highest BCUT2D eigenvalue weighted by Crippen LogP contribution is 2.33. The molecule has 5 aromatic carbocycles. The molecule has 0 aliphatic rings. The molecule has 0 radical (unpaired) electrons. The van der Waals surface area contributed by atoms with Crippen LogP contribution in [0.1, 0.15) is 21.4 Å². The highest BCUT2D eigenvalue weighted by atomic mass is 35.5. The van der Waals surface area contributed by atoms with Crippen molar-refractivity contribution in [1.29, 1.82) is 0 Å². The molecule has 0 saturated heterocycles. The minimum atomic E-state index is 0. The standard InChI is InChI=1S/C41H44N8.4ClH/c1-27-37-23-29(42)9-13-33(37)35-15-11-31(44)25-39(35)48(27)21-5-17-46-19-20-47-18-6-22-49-40-26-32(45)12-16-36(40)34-14-10-30(43)24-38(34)41(49)28-7-3-2-4-8-28;;;;/h2-4,7-16,23-26,44-47H,5-6,17-22,42-43H2,1H3;4*1H. The minimum absolute atomic E-state index is 0. The smallest absolute Gasteiger partial charge is 1.00 e. The first kappa shape index (κ1) is 43.1. The molecule has 7 aromatic rings. The minimum Gasteiger partial charge on any atom is -1.00 e. The van der Waals surface area contributed by atoms with Gasteiger partial charge in [-0.25, -0.2) is 0 Å². The average Bonchev–Trinajstić information content (AvgIpc) is 3.10. The third-order valence-electron chi connectivity index (χ3n) is 9.61. The molecule has 2 heterocycles. The van der Waals surface area contributed by atoms with Gasteiger partial charge >= 0.3 is 2.85 Å². The number of rotatable bonds is 12. The number of anilines is 4. The summed E-state index contributed by atoms with van der Waals surface area (Å²) in [4.78, 5) is 0. The SMILES string of the molecule is Cc1c2cc(N)ccc2c2ccc(N)cc2[n+]1CCCNCCNCCC[n+]1c(-c2ccccc2)c2cc(N)ccc2c2ccc(N)cc21.[Cl-].[Cl-].[Cl-].[Cl-].[H+].[H+]. The van der Waals surface area contributed by atoms with Crippen molar-refractivity contribution in [1.82, 2.24) is 10.6 Å². The van der Waals surface area contributed by atoms with Crippen LogP contribution in [0.2, 0.25) is 0 Å². The molecule has 10 N–H and O–H groups in total. The second-order valence-electron chi connectivity index (χ2n) is 13.0. The largest absolute Gasteiger partial charge is 1.00 e. The first-order valence-electron chi connectivity index (χ1n) is 17.2. The van der Waals surface area contributed by atoms with Gasteiger partial charge in [-0.1, -0.05) is 30.3 Å². The molecule has 280 valence electrons. The Hall–Kier alpha value is -4.28. The van der Waals surface area contributed by atoms with Gasteiger partial charge in [0.25, 0.3) is 0 Å². The van der Waals surface area contributed by atoms with E-state index >= 15 is 0 Å². The number of nitrogens with two attached hydrogens (primary N) is 4. The number of halogens is 4. The summed E-state index contributed by atoms with van der Waals surface area (Å²) in [6, 6.07) is 35.3. The lowest BCUT2D eigenvalue weighted by atomic mass is 9.98. The molecule has 0 amide bonds. The van der Waals surface area contributed by atoms with Crippen LogP contribution in [-0.4, -0.2) is 26.2 Å². The number of benzene rings is 5. The highest BCUT2D eigenvalue weighted by Gasteiger charge is 2.24. The van der Waals surface area contributed by atoms with Gasteiger partial charge in [-0.3, -0.25) is 0 Å². The van der Waals surface area contributed by atoms with E-state index in [0.717, 1.165) is 96.8 Å². The number of nitrogens with zero attached hydrogens (tertiary/aromatic N) is 2. The van der Waals surface area contributed by atoms with Crippen LogP contribution in [0.4, 0.5) is 22.7 Å². The summed E-state index contributed by atoms with van der Waals surface area (Å²) in [5, 5.41) is 14.4. The average molecular weight is 795 g/mol. The quantitative estimate of drug-likeness (QED) is 0.0316. The van der Waals surface area contributed by atoms with E-state index in [1.807, 2.05) is 24.3 Å². The van der Waals surface area contributed by atoms with Crippen LogP contribution in [0.3, 0.4) is 0 Å². The van der Waals surface area contributed by atoms with E-state index < -0.39 is 0 Å². The fourth-order valence-electron chi connectivity index (χ4n) is 7.26. The maximum atomic E-state index is 6.33. The molecule has 0 aliphatic heterocycles. The van der Waals surface area contributed by atoms with Crippen molar-refractivity contribution in [3.63, 3.8) is 0 Å². The van der Waals surface area contributed by atoms with Crippen molar-refractivity contribution < 1.29 is 61.6 Å². The van der Waals surface area contributed by atoms with Gasteiger partial charge in [-0.05, 0) is 60.7 Å². The van der Waals surface area contributed by atoms with Crippen molar-refractivity contribution in [3.8, 4) is 11.3 Å². The molecule has 0 atom stereocenters. The number of hydrogen-bond acceptors (Lipinski definition) is 6. The molecule has 0 bridgehead atoms. The Balaban J connectivity index is 0.00000252. The van der Waals surface area contributed by atoms with E-state index in [-0.39, 0.29) is 52.5 Å². The molecule has 12 heteroatoms. The Morgan fingerprint density at radius 2 is 0.906 bits per heavy atom. The van der Waals surface area contributed by atoms with E-state index in [4.69, 9.17) is 22.9 Å². The topological polar surface area (TPSA) is 136 Å². The number of hydrogen-bond donors (Lipinski definition) is 6. The first-order valence-corrected chi connectivity index (χ1v) is 17.2. The molecule has 7 rings (SSSR count). The number of nitrogen functional groups attached to an aromatic ring is 4. The molecule has 0 spiro atoms. The van der Waals surface area contributed by atoms with Gasteiger partial charge in [0.1, 0.15) is 0 Å². The lowest BCUT2D eigenvalue weighted by Crippen LogP contribution is -3.00. The van der Waals surface area contributed by atoms with Crippen molar-refractivity contribution in [2.45, 2.75) is 32.9 Å². The number of aryl methyl sites for hydroxylation is 3. The van der Waals surface area contributed by atoms with E-state index in [1.54, 1.807) is 0 Å². The Morgan fingerprint density at radius 3 is 1.45 bits per heavy atom. The zero-order valence-corrected chi connectivity index (χ0v) is 32.7. The van der Waals surface area contributed by atoms with Crippen LogP contribution in [-0.2, 0) is 13.1 Å². The summed E-state index contributed by atoms with van der Waals surface area (Å²) < 4.78 is 4.80. The van der Waals surface area contributed by atoms with Gasteiger partial charge < -0.3 is 83.2 Å². The third-order valence-corrected chi connectivity index (χ3v) is 9.61. The second-order valence-corrected chi connectivity index (χ2v) is 13.0. The summed E-state index contributed by atoms with van der Waals surface area (Å²) >= 11 is 0. The van der Waals surface area contributed by atoms with Gasteiger partial charge in [0.2, 0.25) is 16.7 Å². The Kier molecular flexibility index (Phi) is 15.6. The predicted octanol–water partition coefficient (Wildman–Crippen LogP) is -5.92. The molecule has 53 heavy (non-hydrogen) atoms. The molecular formula is C41H48Cl4N8. The van der Waals surface area contributed by atoms with Crippen LogP contribution in [0, 0.1) is 6.92 Å². The van der Waals surface area contributed by atoms with Crippen LogP contribution >= 0.6 is 0 Å². The fraction of sp³-hybridized carbons (Fsp3) is 0.220. The number of fused-ring (bicyclic) bond motifs is 6. The van der Waals surface area contributed by atoms with Crippen LogP contribution in [0.25, 0.3) is 54.6 Å². The van der Waals surface area contributed by atoms with Crippen molar-refractivity contribution in [2.75, 3.05) is 49.1 Å². The normalized spacial score (nSPS) is 10.8. The van der Waals surface area contributed by atoms with Gasteiger partial charge in [-0.2, -0.15) is 9.13 Å². The summed E-state index contributed by atoms with van der Waals surface area (Å²) in [5.41, 5.74) is 33.9. The lowest BCUT2D eigenvalue weighted by Gasteiger charge is -2.13. The Bertz CT molecular complexity index is 2330. The second kappa shape index (κ2) is 19.2. The fourth-order valence-corrected chi connectivity index (χ4v) is 7.26. The van der Waals surface area contributed by atoms with E-state index in [2.05, 4.69) is 106 Å². The first-order chi connectivity index (χ1) is 23.9. The van der Waals surface area contributed by atoms with Crippen LogP contribution in [0.15, 0.2) is 103 Å². The third kappa shape index (κ3) is 9.10. The maximum absolute atomic E-state index is 6.33. The van der Waals surface area contributed by atoms with Gasteiger partial charge in [-0.15, -0.1) is 0 Å². The van der Waals surface area contributed by atoms with Gasteiger partial charge in [0.15, 0.2) is 18.8 Å². The van der Waals surface area contributed by atoms with E-state index in [0.29, 0.717) is 0 Å². The highest BCUT2D eigenvalue weighted by molar-refractivity contribution is 6.10. The van der Waals surface area contributed by atoms with E-state index in [1.165, 1.54) is 38.3 Å². The summed E-state index contributed by atoms with van der Waals surface area (Å²) in [6.45, 7) is 7.56. The summed E-state index contributed by atoms with van der Waals surface area (Å²) in [5.74, 6) is 0. The zero-order chi connectivity index (χ0) is 33.9. The monoisotopic (exact) mass is 792 g/mol. The lowest BCUT2D eigenvalue weighted by molar-refractivity contribution is -0.676. The summed E-state index contributed by atoms with van der Waals surface area (Å²) in [6.07, 6.45) is 1.98. The van der Waals surface area contributed by atoms with Crippen LogP contribution in [0.5, 0.6) is 0 Å². The van der Waals surface area contributed by atoms with Crippen molar-refractivity contribution in [3.05, 3.63) is 109 Å². The maximum Gasteiger partial charge on any atom is 1.00 e.